The van der Waals surface area contributed by atoms with E-state index in [1.165, 1.54) is 38.5 Å². The molecule has 0 aromatic carbocycles. The maximum atomic E-state index is 12.5. The zero-order valence-corrected chi connectivity index (χ0v) is 11.0. The number of carbonyl (C=O) groups excluding carboxylic acids is 1. The number of ketones is 1. The van der Waals surface area contributed by atoms with E-state index in [2.05, 4.69) is 0 Å². The van der Waals surface area contributed by atoms with Gasteiger partial charge in [-0.2, -0.15) is 0 Å². The Morgan fingerprint density at radius 1 is 1.06 bits per heavy atom. The second kappa shape index (κ2) is 3.86. The molecule has 0 heterocycles. The summed E-state index contributed by atoms with van der Waals surface area (Å²) in [5.41, 5.74) is 0.0429. The fourth-order valence-electron chi connectivity index (χ4n) is 4.81. The van der Waals surface area contributed by atoms with Gasteiger partial charge < -0.3 is 4.90 Å². The van der Waals surface area contributed by atoms with Crippen LogP contribution in [0.3, 0.4) is 0 Å². The standard InChI is InChI=1S/C15H23NO/c1-16(2)4-3-14(17)15-8-11-5-12(9-15)7-13(6-11)10-15/h3-4,11-13H,5-10H2,1-2H3/b4-3+. The average Bonchev–Trinajstić information content (AvgIpc) is 2.23. The van der Waals surface area contributed by atoms with E-state index in [1.807, 2.05) is 31.3 Å². The van der Waals surface area contributed by atoms with Gasteiger partial charge in [-0.05, 0) is 62.4 Å². The van der Waals surface area contributed by atoms with Crippen molar-refractivity contribution < 1.29 is 4.79 Å². The Hall–Kier alpha value is -0.790. The summed E-state index contributed by atoms with van der Waals surface area (Å²) in [5, 5.41) is 0. The topological polar surface area (TPSA) is 20.3 Å². The van der Waals surface area contributed by atoms with Gasteiger partial charge in [0.2, 0.25) is 0 Å². The minimum atomic E-state index is 0.0429. The van der Waals surface area contributed by atoms with Crippen LogP contribution in [0.25, 0.3) is 0 Å². The van der Waals surface area contributed by atoms with Crippen molar-refractivity contribution in [1.29, 1.82) is 0 Å². The number of carbonyl (C=O) groups is 1. The molecule has 0 spiro atoms. The van der Waals surface area contributed by atoms with Crippen molar-refractivity contribution in [2.45, 2.75) is 38.5 Å². The number of allylic oxidation sites excluding steroid dienone is 1. The second-order valence-electron chi connectivity index (χ2n) is 6.84. The largest absolute Gasteiger partial charge is 0.383 e. The van der Waals surface area contributed by atoms with Crippen LogP contribution in [-0.4, -0.2) is 24.8 Å². The van der Waals surface area contributed by atoms with Crippen LogP contribution in [0.5, 0.6) is 0 Å². The summed E-state index contributed by atoms with van der Waals surface area (Å²) in [4.78, 5) is 14.4. The maximum absolute atomic E-state index is 12.5. The molecule has 0 radical (unpaired) electrons. The average molecular weight is 233 g/mol. The zero-order chi connectivity index (χ0) is 12.0. The first-order valence-corrected chi connectivity index (χ1v) is 6.96. The number of nitrogens with zero attached hydrogens (tertiary/aromatic N) is 1. The maximum Gasteiger partial charge on any atom is 0.163 e. The molecule has 0 aliphatic heterocycles. The minimum absolute atomic E-state index is 0.0429. The highest BCUT2D eigenvalue weighted by atomic mass is 16.1. The highest BCUT2D eigenvalue weighted by Crippen LogP contribution is 2.60. The Balaban J connectivity index is 1.80. The summed E-state index contributed by atoms with van der Waals surface area (Å²) < 4.78 is 0. The lowest BCUT2D eigenvalue weighted by molar-refractivity contribution is -0.138. The molecule has 0 aromatic rings. The molecule has 4 rings (SSSR count). The predicted molar refractivity (Wildman–Crippen MR) is 68.4 cm³/mol. The summed E-state index contributed by atoms with van der Waals surface area (Å²) >= 11 is 0. The van der Waals surface area contributed by atoms with E-state index in [0.717, 1.165) is 17.8 Å². The highest BCUT2D eigenvalue weighted by Gasteiger charge is 2.53. The fraction of sp³-hybridized carbons (Fsp3) is 0.800. The Morgan fingerprint density at radius 2 is 1.53 bits per heavy atom. The number of hydrogen-bond donors (Lipinski definition) is 0. The van der Waals surface area contributed by atoms with Gasteiger partial charge in [-0.25, -0.2) is 0 Å². The third kappa shape index (κ3) is 1.92. The lowest BCUT2D eigenvalue weighted by atomic mass is 9.48. The Morgan fingerprint density at radius 3 is 1.94 bits per heavy atom. The third-order valence-corrected chi connectivity index (χ3v) is 5.08. The normalized spacial score (nSPS) is 43.3. The zero-order valence-electron chi connectivity index (χ0n) is 11.0. The molecule has 4 saturated carbocycles. The summed E-state index contributed by atoms with van der Waals surface area (Å²) in [6.07, 6.45) is 11.5. The van der Waals surface area contributed by atoms with Gasteiger partial charge in [-0.3, -0.25) is 4.79 Å². The van der Waals surface area contributed by atoms with Crippen molar-refractivity contribution in [3.8, 4) is 0 Å². The molecule has 0 unspecified atom stereocenters. The number of rotatable bonds is 3. The smallest absolute Gasteiger partial charge is 0.163 e. The van der Waals surface area contributed by atoms with E-state index in [4.69, 9.17) is 0 Å². The van der Waals surface area contributed by atoms with Gasteiger partial charge in [0, 0.05) is 25.7 Å². The first-order chi connectivity index (χ1) is 8.07. The molecule has 0 aromatic heterocycles. The van der Waals surface area contributed by atoms with Crippen LogP contribution in [-0.2, 0) is 4.79 Å². The Bertz CT molecular complexity index is 321. The van der Waals surface area contributed by atoms with Gasteiger partial charge in [0.15, 0.2) is 5.78 Å². The van der Waals surface area contributed by atoms with Gasteiger partial charge >= 0.3 is 0 Å². The molecule has 2 nitrogen and oxygen atoms in total. The molecular weight excluding hydrogens is 210 g/mol. The molecule has 4 bridgehead atoms. The van der Waals surface area contributed by atoms with Crippen LogP contribution in [0.15, 0.2) is 12.3 Å². The molecular formula is C15H23NO. The van der Waals surface area contributed by atoms with Crippen molar-refractivity contribution in [1.82, 2.24) is 4.90 Å². The Labute approximate surface area is 104 Å². The molecule has 0 atom stereocenters. The van der Waals surface area contributed by atoms with E-state index in [-0.39, 0.29) is 5.41 Å². The molecule has 0 N–H and O–H groups in total. The summed E-state index contributed by atoms with van der Waals surface area (Å²) in [7, 11) is 3.95. The first kappa shape index (κ1) is 11.3. The predicted octanol–water partition coefficient (Wildman–Crippen LogP) is 2.85. The van der Waals surface area contributed by atoms with Crippen LogP contribution < -0.4 is 0 Å². The van der Waals surface area contributed by atoms with Crippen molar-refractivity contribution in [3.63, 3.8) is 0 Å². The highest BCUT2D eigenvalue weighted by molar-refractivity contribution is 5.95. The third-order valence-electron chi connectivity index (χ3n) is 5.08. The molecule has 17 heavy (non-hydrogen) atoms. The van der Waals surface area contributed by atoms with Crippen LogP contribution in [0.1, 0.15) is 38.5 Å². The monoisotopic (exact) mass is 233 g/mol. The first-order valence-electron chi connectivity index (χ1n) is 6.96. The molecule has 0 saturated heterocycles. The number of hydrogen-bond acceptors (Lipinski definition) is 2. The molecule has 4 aliphatic rings. The molecule has 0 amide bonds. The van der Waals surface area contributed by atoms with E-state index >= 15 is 0 Å². The van der Waals surface area contributed by atoms with Crippen molar-refractivity contribution in [3.05, 3.63) is 12.3 Å². The lowest BCUT2D eigenvalue weighted by Crippen LogP contribution is -2.49. The lowest BCUT2D eigenvalue weighted by Gasteiger charge is -2.55. The molecule has 4 fully saturated rings. The van der Waals surface area contributed by atoms with E-state index in [1.54, 1.807) is 0 Å². The van der Waals surface area contributed by atoms with E-state index < -0.39 is 0 Å². The van der Waals surface area contributed by atoms with Crippen LogP contribution in [0, 0.1) is 23.2 Å². The SMILES string of the molecule is CN(C)/C=C/C(=O)C12CC3CC(CC(C3)C1)C2. The van der Waals surface area contributed by atoms with E-state index in [0.29, 0.717) is 5.78 Å². The second-order valence-corrected chi connectivity index (χ2v) is 6.84. The van der Waals surface area contributed by atoms with Gasteiger partial charge in [-0.1, -0.05) is 0 Å². The van der Waals surface area contributed by atoms with Gasteiger partial charge in [0.25, 0.3) is 0 Å². The van der Waals surface area contributed by atoms with Gasteiger partial charge in [0.1, 0.15) is 0 Å². The van der Waals surface area contributed by atoms with Crippen LogP contribution >= 0.6 is 0 Å². The molecule has 94 valence electrons. The summed E-state index contributed by atoms with van der Waals surface area (Å²) in [6.45, 7) is 0. The molecule has 4 aliphatic carbocycles. The quantitative estimate of drug-likeness (QED) is 0.699. The van der Waals surface area contributed by atoms with Crippen molar-refractivity contribution in [2.75, 3.05) is 14.1 Å². The van der Waals surface area contributed by atoms with Crippen molar-refractivity contribution in [2.24, 2.45) is 23.2 Å². The molecule has 2 heteroatoms. The van der Waals surface area contributed by atoms with Crippen molar-refractivity contribution >= 4 is 5.78 Å². The van der Waals surface area contributed by atoms with Crippen LogP contribution in [0.4, 0.5) is 0 Å². The van der Waals surface area contributed by atoms with E-state index in [9.17, 15) is 4.79 Å². The Kier molecular flexibility index (Phi) is 2.57. The summed E-state index contributed by atoms with van der Waals surface area (Å²) in [6, 6.07) is 0. The summed E-state index contributed by atoms with van der Waals surface area (Å²) in [5.74, 6) is 2.99. The van der Waals surface area contributed by atoms with Gasteiger partial charge in [0.05, 0.1) is 0 Å². The van der Waals surface area contributed by atoms with Crippen LogP contribution in [0.2, 0.25) is 0 Å². The fourth-order valence-corrected chi connectivity index (χ4v) is 4.81. The van der Waals surface area contributed by atoms with Gasteiger partial charge in [-0.15, -0.1) is 0 Å². The minimum Gasteiger partial charge on any atom is -0.383 e.